The first-order chi connectivity index (χ1) is 12.7. The molecular formula is C19H20Cl2N4O2. The van der Waals surface area contributed by atoms with Gasteiger partial charge in [-0.25, -0.2) is 9.59 Å². The van der Waals surface area contributed by atoms with E-state index in [0.717, 1.165) is 0 Å². The van der Waals surface area contributed by atoms with Crippen molar-refractivity contribution in [3.63, 3.8) is 0 Å². The summed E-state index contributed by atoms with van der Waals surface area (Å²) in [7, 11) is 1.71. The first kappa shape index (κ1) is 19.3. The zero-order valence-corrected chi connectivity index (χ0v) is 16.7. The number of nitrogens with one attached hydrogen (secondary N) is 2. The van der Waals surface area contributed by atoms with Crippen LogP contribution in [0.4, 0.5) is 21.0 Å². The molecular weight excluding hydrogens is 387 g/mol. The van der Waals surface area contributed by atoms with Crippen LogP contribution in [-0.4, -0.2) is 35.7 Å². The predicted molar refractivity (Wildman–Crippen MR) is 109 cm³/mol. The Kier molecular flexibility index (Phi) is 5.22. The highest BCUT2D eigenvalue weighted by molar-refractivity contribution is 6.31. The second-order valence-corrected chi connectivity index (χ2v) is 7.73. The van der Waals surface area contributed by atoms with E-state index in [0.29, 0.717) is 21.4 Å². The molecule has 1 aliphatic rings. The van der Waals surface area contributed by atoms with Crippen LogP contribution in [-0.2, 0) is 0 Å². The normalized spacial score (nSPS) is 18.6. The highest BCUT2D eigenvalue weighted by atomic mass is 35.5. The second-order valence-electron chi connectivity index (χ2n) is 6.85. The molecule has 1 saturated heterocycles. The third kappa shape index (κ3) is 3.82. The van der Waals surface area contributed by atoms with E-state index >= 15 is 0 Å². The lowest BCUT2D eigenvalue weighted by atomic mass is 10.0. The van der Waals surface area contributed by atoms with E-state index in [-0.39, 0.29) is 6.03 Å². The van der Waals surface area contributed by atoms with Gasteiger partial charge in [-0.2, -0.15) is 0 Å². The number of nitrogens with zero attached hydrogens (tertiary/aromatic N) is 2. The molecule has 0 unspecified atom stereocenters. The Labute approximate surface area is 168 Å². The van der Waals surface area contributed by atoms with Crippen molar-refractivity contribution in [1.29, 1.82) is 0 Å². The van der Waals surface area contributed by atoms with E-state index in [1.54, 1.807) is 65.4 Å². The van der Waals surface area contributed by atoms with Crippen LogP contribution in [0.1, 0.15) is 13.8 Å². The van der Waals surface area contributed by atoms with Gasteiger partial charge in [0.1, 0.15) is 6.17 Å². The summed E-state index contributed by atoms with van der Waals surface area (Å²) in [4.78, 5) is 28.6. The van der Waals surface area contributed by atoms with Crippen molar-refractivity contribution in [3.05, 3.63) is 58.6 Å². The minimum Gasteiger partial charge on any atom is -0.318 e. The summed E-state index contributed by atoms with van der Waals surface area (Å²) in [6, 6.07) is 13.1. The molecule has 4 amide bonds. The van der Waals surface area contributed by atoms with Crippen LogP contribution in [0.2, 0.25) is 10.0 Å². The molecule has 142 valence electrons. The van der Waals surface area contributed by atoms with Crippen LogP contribution >= 0.6 is 23.2 Å². The Morgan fingerprint density at radius 1 is 1.07 bits per heavy atom. The Hall–Kier alpha value is -2.44. The van der Waals surface area contributed by atoms with E-state index in [9.17, 15) is 9.59 Å². The Morgan fingerprint density at radius 2 is 1.74 bits per heavy atom. The predicted octanol–water partition coefficient (Wildman–Crippen LogP) is 4.79. The molecule has 1 aliphatic heterocycles. The number of hydrogen-bond donors (Lipinski definition) is 2. The van der Waals surface area contributed by atoms with E-state index in [2.05, 4.69) is 10.6 Å². The lowest BCUT2D eigenvalue weighted by Gasteiger charge is -2.33. The quantitative estimate of drug-likeness (QED) is 0.768. The zero-order chi connectivity index (χ0) is 19.8. The van der Waals surface area contributed by atoms with Crippen LogP contribution in [0.15, 0.2) is 48.5 Å². The summed E-state index contributed by atoms with van der Waals surface area (Å²) in [5, 5.41) is 6.74. The molecule has 0 spiro atoms. The van der Waals surface area contributed by atoms with E-state index in [1.807, 2.05) is 13.8 Å². The Bertz CT molecular complexity index is 870. The van der Waals surface area contributed by atoms with E-state index in [1.165, 1.54) is 0 Å². The maximum atomic E-state index is 12.8. The molecule has 1 heterocycles. The molecule has 2 N–H and O–H groups in total. The molecule has 1 atom stereocenters. The van der Waals surface area contributed by atoms with Gasteiger partial charge in [-0.1, -0.05) is 29.3 Å². The SMILES string of the molecule is CN1C(=O)N(c2ccc(Cl)cc2)[C@H](NC(=O)Nc2cccc(Cl)c2)C1(C)C. The minimum atomic E-state index is -0.637. The second kappa shape index (κ2) is 7.29. The molecule has 1 fully saturated rings. The van der Waals surface area contributed by atoms with Gasteiger partial charge < -0.3 is 15.5 Å². The third-order valence-corrected chi connectivity index (χ3v) is 5.23. The van der Waals surface area contributed by atoms with Gasteiger partial charge in [-0.05, 0) is 56.3 Å². The van der Waals surface area contributed by atoms with Gasteiger partial charge in [-0.15, -0.1) is 0 Å². The molecule has 0 aromatic heterocycles. The van der Waals surface area contributed by atoms with Crippen LogP contribution in [0.25, 0.3) is 0 Å². The topological polar surface area (TPSA) is 64.7 Å². The zero-order valence-electron chi connectivity index (χ0n) is 15.2. The van der Waals surface area contributed by atoms with Crippen LogP contribution in [0, 0.1) is 0 Å². The largest absolute Gasteiger partial charge is 0.326 e. The number of carbonyl (C=O) groups excluding carboxylic acids is 2. The smallest absolute Gasteiger partial charge is 0.318 e. The van der Waals surface area contributed by atoms with Crippen molar-refractivity contribution >= 4 is 46.6 Å². The van der Waals surface area contributed by atoms with Crippen molar-refractivity contribution in [1.82, 2.24) is 10.2 Å². The number of likely N-dealkylation sites (N-methyl/N-ethyl adjacent to an activating group) is 1. The molecule has 0 saturated carbocycles. The summed E-state index contributed by atoms with van der Waals surface area (Å²) < 4.78 is 0. The van der Waals surface area contributed by atoms with Crippen molar-refractivity contribution in [2.75, 3.05) is 17.3 Å². The van der Waals surface area contributed by atoms with E-state index < -0.39 is 17.7 Å². The summed E-state index contributed by atoms with van der Waals surface area (Å²) in [5.41, 5.74) is 0.575. The average molecular weight is 407 g/mol. The van der Waals surface area contributed by atoms with Gasteiger partial charge in [0.25, 0.3) is 0 Å². The highest BCUT2D eigenvalue weighted by Crippen LogP contribution is 2.34. The van der Waals surface area contributed by atoms with Crippen LogP contribution < -0.4 is 15.5 Å². The standard InChI is InChI=1S/C19H20Cl2N4O2/c1-19(2)16(23-17(26)22-14-6-4-5-13(21)11-14)25(18(27)24(19)3)15-9-7-12(20)8-10-15/h4-11,16H,1-3H3,(H2,22,23,26)/t16-/m0/s1. The third-order valence-electron chi connectivity index (χ3n) is 4.74. The summed E-state index contributed by atoms with van der Waals surface area (Å²) in [6.45, 7) is 3.79. The number of carbonyl (C=O) groups is 2. The first-order valence-electron chi connectivity index (χ1n) is 8.36. The molecule has 0 radical (unpaired) electrons. The van der Waals surface area contributed by atoms with Crippen molar-refractivity contribution in [3.8, 4) is 0 Å². The fourth-order valence-corrected chi connectivity index (χ4v) is 3.29. The monoisotopic (exact) mass is 406 g/mol. The van der Waals surface area contributed by atoms with Gasteiger partial charge >= 0.3 is 12.1 Å². The first-order valence-corrected chi connectivity index (χ1v) is 9.11. The fraction of sp³-hybridized carbons (Fsp3) is 0.263. The molecule has 2 aromatic carbocycles. The summed E-state index contributed by atoms with van der Waals surface area (Å²) in [5.74, 6) is 0. The van der Waals surface area contributed by atoms with Gasteiger partial charge in [-0.3, -0.25) is 4.90 Å². The van der Waals surface area contributed by atoms with Crippen molar-refractivity contribution in [2.24, 2.45) is 0 Å². The lowest BCUT2D eigenvalue weighted by molar-refractivity contribution is 0.180. The average Bonchev–Trinajstić information content (AvgIpc) is 2.76. The lowest BCUT2D eigenvalue weighted by Crippen LogP contribution is -2.56. The molecule has 27 heavy (non-hydrogen) atoms. The van der Waals surface area contributed by atoms with Gasteiger partial charge in [0.2, 0.25) is 0 Å². The fourth-order valence-electron chi connectivity index (χ4n) is 2.98. The van der Waals surface area contributed by atoms with Gasteiger partial charge in [0, 0.05) is 28.5 Å². The molecule has 3 rings (SSSR count). The number of halogens is 2. The number of rotatable bonds is 3. The van der Waals surface area contributed by atoms with E-state index in [4.69, 9.17) is 23.2 Å². The molecule has 0 aliphatic carbocycles. The van der Waals surface area contributed by atoms with Crippen LogP contribution in [0.3, 0.4) is 0 Å². The van der Waals surface area contributed by atoms with Crippen molar-refractivity contribution in [2.45, 2.75) is 25.6 Å². The molecule has 2 aromatic rings. The Balaban J connectivity index is 1.86. The maximum absolute atomic E-state index is 12.8. The number of amides is 4. The maximum Gasteiger partial charge on any atom is 0.326 e. The number of benzene rings is 2. The number of urea groups is 2. The summed E-state index contributed by atoms with van der Waals surface area (Å²) in [6.07, 6.45) is -0.588. The minimum absolute atomic E-state index is 0.213. The number of anilines is 2. The number of hydrogen-bond acceptors (Lipinski definition) is 2. The molecule has 6 nitrogen and oxygen atoms in total. The molecule has 8 heteroatoms. The Morgan fingerprint density at radius 3 is 2.37 bits per heavy atom. The van der Waals surface area contributed by atoms with Gasteiger partial charge in [0.05, 0.1) is 5.54 Å². The molecule has 0 bridgehead atoms. The van der Waals surface area contributed by atoms with Gasteiger partial charge in [0.15, 0.2) is 0 Å². The highest BCUT2D eigenvalue weighted by Gasteiger charge is 2.51. The van der Waals surface area contributed by atoms with Crippen molar-refractivity contribution < 1.29 is 9.59 Å². The van der Waals surface area contributed by atoms with Crippen LogP contribution in [0.5, 0.6) is 0 Å². The summed E-state index contributed by atoms with van der Waals surface area (Å²) >= 11 is 11.9.